The second kappa shape index (κ2) is 5.71. The van der Waals surface area contributed by atoms with Crippen molar-refractivity contribution in [3.8, 4) is 5.75 Å². The molecule has 1 unspecified atom stereocenters. The summed E-state index contributed by atoms with van der Waals surface area (Å²) in [6.45, 7) is 5.21. The Labute approximate surface area is 119 Å². The molecule has 0 N–H and O–H groups in total. The summed E-state index contributed by atoms with van der Waals surface area (Å²) in [6.07, 6.45) is 4.17. The highest BCUT2D eigenvalue weighted by molar-refractivity contribution is 6.30. The van der Waals surface area contributed by atoms with Gasteiger partial charge in [0.05, 0.1) is 6.61 Å². The van der Waals surface area contributed by atoms with Crippen molar-refractivity contribution in [1.82, 2.24) is 0 Å². The molecule has 0 saturated carbocycles. The Kier molecular flexibility index (Phi) is 4.45. The number of ether oxygens (including phenoxy) is 1. The normalized spacial score (nSPS) is 17.1. The van der Waals surface area contributed by atoms with Crippen LogP contribution in [-0.2, 0) is 12.8 Å². The van der Waals surface area contributed by atoms with Crippen LogP contribution < -0.4 is 4.74 Å². The smallest absolute Gasteiger partial charge is 0.125 e. The molecule has 0 amide bonds. The highest BCUT2D eigenvalue weighted by Crippen LogP contribution is 2.38. The Bertz CT molecular complexity index is 431. The fraction of sp³-hybridized carbons (Fsp3) is 0.600. The van der Waals surface area contributed by atoms with Gasteiger partial charge in [0.15, 0.2) is 0 Å². The lowest BCUT2D eigenvalue weighted by atomic mass is 9.81. The van der Waals surface area contributed by atoms with Crippen molar-refractivity contribution < 1.29 is 4.74 Å². The molecular formula is C15H20Cl2O. The molecule has 100 valence electrons. The van der Waals surface area contributed by atoms with Crippen LogP contribution in [0.3, 0.4) is 0 Å². The predicted octanol–water partition coefficient (Wildman–Crippen LogP) is 4.86. The first kappa shape index (κ1) is 14.0. The van der Waals surface area contributed by atoms with E-state index >= 15 is 0 Å². The first-order valence-electron chi connectivity index (χ1n) is 6.58. The van der Waals surface area contributed by atoms with E-state index in [1.807, 2.05) is 12.1 Å². The number of hydrogen-bond acceptors (Lipinski definition) is 1. The lowest BCUT2D eigenvalue weighted by molar-refractivity contribution is 0.318. The second-order valence-electron chi connectivity index (χ2n) is 5.52. The van der Waals surface area contributed by atoms with E-state index < -0.39 is 0 Å². The lowest BCUT2D eigenvalue weighted by Crippen LogP contribution is -2.21. The number of rotatable bonds is 5. The van der Waals surface area contributed by atoms with Gasteiger partial charge in [-0.15, -0.1) is 11.6 Å². The maximum absolute atomic E-state index is 6.19. The fourth-order valence-corrected chi connectivity index (χ4v) is 3.23. The Morgan fingerprint density at radius 1 is 1.39 bits per heavy atom. The van der Waals surface area contributed by atoms with E-state index in [-0.39, 0.29) is 5.41 Å². The monoisotopic (exact) mass is 286 g/mol. The summed E-state index contributed by atoms with van der Waals surface area (Å²) in [6, 6.07) is 4.05. The van der Waals surface area contributed by atoms with Gasteiger partial charge in [0, 0.05) is 17.3 Å². The van der Waals surface area contributed by atoms with Crippen LogP contribution in [0.15, 0.2) is 12.1 Å². The number of alkyl halides is 1. The molecule has 1 nitrogen and oxygen atoms in total. The molecule has 0 aromatic heterocycles. The average Bonchev–Trinajstić information content (AvgIpc) is 2.77. The summed E-state index contributed by atoms with van der Waals surface area (Å²) in [5.74, 6) is 1.72. The average molecular weight is 287 g/mol. The largest absolute Gasteiger partial charge is 0.493 e. The third kappa shape index (κ3) is 2.95. The van der Waals surface area contributed by atoms with Crippen molar-refractivity contribution in [2.45, 2.75) is 39.5 Å². The van der Waals surface area contributed by atoms with Crippen molar-refractivity contribution in [1.29, 1.82) is 0 Å². The van der Waals surface area contributed by atoms with Crippen LogP contribution in [0.5, 0.6) is 5.75 Å². The minimum absolute atomic E-state index is 0.126. The van der Waals surface area contributed by atoms with E-state index in [0.29, 0.717) is 5.88 Å². The van der Waals surface area contributed by atoms with Gasteiger partial charge in [-0.25, -0.2) is 0 Å². The number of fused-ring (bicyclic) bond motifs is 1. The van der Waals surface area contributed by atoms with Gasteiger partial charge in [0.25, 0.3) is 0 Å². The van der Waals surface area contributed by atoms with Crippen LogP contribution in [0.4, 0.5) is 0 Å². The summed E-state index contributed by atoms with van der Waals surface area (Å²) in [5, 5.41) is 0.808. The van der Waals surface area contributed by atoms with Gasteiger partial charge in [-0.2, -0.15) is 0 Å². The van der Waals surface area contributed by atoms with Gasteiger partial charge in [0.1, 0.15) is 5.75 Å². The molecular weight excluding hydrogens is 267 g/mol. The Hall–Kier alpha value is -0.400. The van der Waals surface area contributed by atoms with Crippen LogP contribution in [-0.4, -0.2) is 12.5 Å². The molecule has 3 heteroatoms. The maximum Gasteiger partial charge on any atom is 0.125 e. The third-order valence-corrected chi connectivity index (χ3v) is 4.48. The molecule has 1 aliphatic heterocycles. The van der Waals surface area contributed by atoms with E-state index in [4.69, 9.17) is 27.9 Å². The molecule has 0 saturated heterocycles. The van der Waals surface area contributed by atoms with E-state index in [1.54, 1.807) is 0 Å². The Balaban J connectivity index is 2.28. The minimum atomic E-state index is 0.126. The highest BCUT2D eigenvalue weighted by Gasteiger charge is 2.27. The molecule has 0 fully saturated rings. The Morgan fingerprint density at radius 2 is 2.17 bits per heavy atom. The van der Waals surface area contributed by atoms with Crippen LogP contribution in [0.2, 0.25) is 5.02 Å². The summed E-state index contributed by atoms with van der Waals surface area (Å²) < 4.78 is 5.75. The molecule has 1 aromatic rings. The van der Waals surface area contributed by atoms with Crippen LogP contribution >= 0.6 is 23.2 Å². The summed E-state index contributed by atoms with van der Waals surface area (Å²) in [5.41, 5.74) is 2.58. The molecule has 0 radical (unpaired) electrons. The van der Waals surface area contributed by atoms with E-state index in [9.17, 15) is 0 Å². The van der Waals surface area contributed by atoms with Crippen molar-refractivity contribution in [2.24, 2.45) is 5.41 Å². The summed E-state index contributed by atoms with van der Waals surface area (Å²) in [4.78, 5) is 0. The quantitative estimate of drug-likeness (QED) is 0.702. The molecule has 0 bridgehead atoms. The number of hydrogen-bond donors (Lipinski definition) is 0. The molecule has 1 heterocycles. The third-order valence-electron chi connectivity index (χ3n) is 3.62. The minimum Gasteiger partial charge on any atom is -0.493 e. The first-order valence-corrected chi connectivity index (χ1v) is 7.49. The van der Waals surface area contributed by atoms with Crippen molar-refractivity contribution >= 4 is 23.2 Å². The van der Waals surface area contributed by atoms with Gasteiger partial charge < -0.3 is 4.74 Å². The molecule has 1 aromatic carbocycles. The topological polar surface area (TPSA) is 9.23 Å². The zero-order valence-corrected chi connectivity index (χ0v) is 12.6. The Morgan fingerprint density at radius 3 is 2.83 bits per heavy atom. The van der Waals surface area contributed by atoms with Gasteiger partial charge in [0.2, 0.25) is 0 Å². The van der Waals surface area contributed by atoms with Gasteiger partial charge in [-0.3, -0.25) is 0 Å². The first-order chi connectivity index (χ1) is 8.58. The molecule has 1 atom stereocenters. The number of halogens is 2. The fourth-order valence-electron chi connectivity index (χ4n) is 2.74. The zero-order valence-electron chi connectivity index (χ0n) is 11.1. The molecule has 18 heavy (non-hydrogen) atoms. The van der Waals surface area contributed by atoms with Crippen molar-refractivity contribution in [3.63, 3.8) is 0 Å². The van der Waals surface area contributed by atoms with Gasteiger partial charge in [-0.1, -0.05) is 31.9 Å². The van der Waals surface area contributed by atoms with E-state index in [1.165, 1.54) is 11.1 Å². The van der Waals surface area contributed by atoms with Gasteiger partial charge >= 0.3 is 0 Å². The summed E-state index contributed by atoms with van der Waals surface area (Å²) in [7, 11) is 0. The molecule has 0 spiro atoms. The van der Waals surface area contributed by atoms with Crippen molar-refractivity contribution in [3.05, 3.63) is 28.3 Å². The standard InChI is InChI=1S/C15H20Cl2O/c1-3-5-15(2,10-16)9-12-8-13(17)7-11-4-6-18-14(11)12/h7-8H,3-6,9-10H2,1-2H3. The second-order valence-corrected chi connectivity index (χ2v) is 6.23. The predicted molar refractivity (Wildman–Crippen MR) is 78.1 cm³/mol. The maximum atomic E-state index is 6.19. The van der Waals surface area contributed by atoms with Crippen LogP contribution in [0.1, 0.15) is 37.8 Å². The highest BCUT2D eigenvalue weighted by atomic mass is 35.5. The summed E-state index contributed by atoms with van der Waals surface area (Å²) >= 11 is 12.3. The molecule has 0 aliphatic carbocycles. The number of benzene rings is 1. The zero-order chi connectivity index (χ0) is 13.2. The lowest BCUT2D eigenvalue weighted by Gasteiger charge is -2.27. The van der Waals surface area contributed by atoms with E-state index in [0.717, 1.165) is 43.1 Å². The van der Waals surface area contributed by atoms with Gasteiger partial charge in [-0.05, 0) is 41.5 Å². The van der Waals surface area contributed by atoms with Crippen molar-refractivity contribution in [2.75, 3.05) is 12.5 Å². The SMILES string of the molecule is CCCC(C)(CCl)Cc1cc(Cl)cc2c1OCC2. The molecule has 1 aliphatic rings. The van der Waals surface area contributed by atoms with E-state index in [2.05, 4.69) is 13.8 Å². The van der Waals surface area contributed by atoms with Crippen LogP contribution in [0.25, 0.3) is 0 Å². The van der Waals surface area contributed by atoms with Crippen LogP contribution in [0, 0.1) is 5.41 Å². The molecule has 2 rings (SSSR count).